The monoisotopic (exact) mass is 438 g/mol. The highest BCUT2D eigenvalue weighted by molar-refractivity contribution is 7.80. The van der Waals surface area contributed by atoms with E-state index in [1.54, 1.807) is 24.3 Å². The summed E-state index contributed by atoms with van der Waals surface area (Å²) in [5.74, 6) is -0.502. The number of rotatable bonds is 6. The van der Waals surface area contributed by atoms with Gasteiger partial charge in [0.2, 0.25) is 0 Å². The van der Waals surface area contributed by atoms with Crippen LogP contribution in [0.3, 0.4) is 0 Å². The van der Waals surface area contributed by atoms with Gasteiger partial charge in [-0.3, -0.25) is 4.79 Å². The van der Waals surface area contributed by atoms with Gasteiger partial charge in [-0.2, -0.15) is 0 Å². The molecule has 0 radical (unpaired) electrons. The Morgan fingerprint density at radius 2 is 1.70 bits per heavy atom. The van der Waals surface area contributed by atoms with Crippen molar-refractivity contribution in [3.05, 3.63) is 81.7 Å². The van der Waals surface area contributed by atoms with Crippen LogP contribution in [-0.2, 0) is 11.2 Å². The van der Waals surface area contributed by atoms with Gasteiger partial charge in [0, 0.05) is 16.0 Å². The van der Waals surface area contributed by atoms with Gasteiger partial charge in [-0.25, -0.2) is 4.79 Å². The van der Waals surface area contributed by atoms with Gasteiger partial charge in [0.05, 0.1) is 18.4 Å². The van der Waals surface area contributed by atoms with Crippen molar-refractivity contribution < 1.29 is 14.3 Å². The molecule has 7 heteroatoms. The molecule has 3 aromatic rings. The van der Waals surface area contributed by atoms with Crippen LogP contribution in [0.1, 0.15) is 43.6 Å². The Morgan fingerprint density at radius 3 is 2.37 bits per heavy atom. The van der Waals surface area contributed by atoms with E-state index in [1.807, 2.05) is 44.2 Å². The van der Waals surface area contributed by atoms with E-state index in [1.165, 1.54) is 18.4 Å². The van der Waals surface area contributed by atoms with Gasteiger partial charge in [-0.1, -0.05) is 49.4 Å². The standard InChI is InChI=1S/C23H22N2O3S2/c1-4-16-14(2)30-21(19(16)22(27)28-3)25-23(29)24-18-13-9-8-12-17(18)20(26)15-10-6-5-7-11-15/h5-13H,4H2,1-3H3,(H2,24,25,29). The van der Waals surface area contributed by atoms with E-state index >= 15 is 0 Å². The second-order valence-corrected chi connectivity index (χ2v) is 8.14. The molecule has 2 N–H and O–H groups in total. The Balaban J connectivity index is 1.85. The lowest BCUT2D eigenvalue weighted by atomic mass is 10.0. The fourth-order valence-electron chi connectivity index (χ4n) is 3.20. The number of ketones is 1. The Kier molecular flexibility index (Phi) is 6.97. The smallest absolute Gasteiger partial charge is 0.341 e. The largest absolute Gasteiger partial charge is 0.465 e. The van der Waals surface area contributed by atoms with Crippen molar-refractivity contribution in [2.24, 2.45) is 0 Å². The van der Waals surface area contributed by atoms with Gasteiger partial charge in [0.25, 0.3) is 0 Å². The summed E-state index contributed by atoms with van der Waals surface area (Å²) < 4.78 is 4.95. The van der Waals surface area contributed by atoms with Crippen molar-refractivity contribution in [2.75, 3.05) is 17.7 Å². The average Bonchev–Trinajstić information content (AvgIpc) is 3.08. The van der Waals surface area contributed by atoms with E-state index in [0.717, 1.165) is 10.4 Å². The number of benzene rings is 2. The fraction of sp³-hybridized carbons (Fsp3) is 0.174. The van der Waals surface area contributed by atoms with E-state index < -0.39 is 5.97 Å². The Bertz CT molecular complexity index is 1090. The number of anilines is 2. The number of hydrogen-bond donors (Lipinski definition) is 2. The summed E-state index contributed by atoms with van der Waals surface area (Å²) in [5.41, 5.74) is 3.14. The Labute approximate surface area is 185 Å². The predicted octanol–water partition coefficient (Wildman–Crippen LogP) is 5.45. The Morgan fingerprint density at radius 1 is 1.03 bits per heavy atom. The zero-order valence-electron chi connectivity index (χ0n) is 16.9. The third-order valence-electron chi connectivity index (χ3n) is 4.63. The summed E-state index contributed by atoms with van der Waals surface area (Å²) in [6.07, 6.45) is 0.711. The van der Waals surface area contributed by atoms with Gasteiger partial charge in [-0.05, 0) is 43.3 Å². The number of aryl methyl sites for hydroxylation is 1. The van der Waals surface area contributed by atoms with Gasteiger partial charge >= 0.3 is 5.97 Å². The lowest BCUT2D eigenvalue weighted by molar-refractivity contribution is 0.0601. The van der Waals surface area contributed by atoms with Crippen LogP contribution in [0, 0.1) is 6.92 Å². The van der Waals surface area contributed by atoms with Gasteiger partial charge in [-0.15, -0.1) is 11.3 Å². The maximum atomic E-state index is 12.9. The van der Waals surface area contributed by atoms with Crippen molar-refractivity contribution in [2.45, 2.75) is 20.3 Å². The lowest BCUT2D eigenvalue weighted by Gasteiger charge is -2.14. The van der Waals surface area contributed by atoms with Gasteiger partial charge < -0.3 is 15.4 Å². The molecule has 0 fully saturated rings. The van der Waals surface area contributed by atoms with Crippen molar-refractivity contribution >= 4 is 51.1 Å². The first-order chi connectivity index (χ1) is 14.5. The second kappa shape index (κ2) is 9.65. The van der Waals surface area contributed by atoms with Crippen molar-refractivity contribution in [1.82, 2.24) is 0 Å². The third-order valence-corrected chi connectivity index (χ3v) is 5.90. The number of thiocarbonyl (C=S) groups is 1. The van der Waals surface area contributed by atoms with Gasteiger partial charge in [0.15, 0.2) is 10.9 Å². The van der Waals surface area contributed by atoms with Crippen molar-refractivity contribution in [3.8, 4) is 0 Å². The van der Waals surface area contributed by atoms with E-state index in [9.17, 15) is 9.59 Å². The average molecular weight is 439 g/mol. The van der Waals surface area contributed by atoms with Gasteiger partial charge in [0.1, 0.15) is 5.00 Å². The summed E-state index contributed by atoms with van der Waals surface area (Å²) in [6, 6.07) is 16.3. The van der Waals surface area contributed by atoms with Crippen molar-refractivity contribution in [3.63, 3.8) is 0 Å². The molecule has 0 saturated heterocycles. The summed E-state index contributed by atoms with van der Waals surface area (Å²) in [4.78, 5) is 26.2. The molecule has 0 aliphatic heterocycles. The van der Waals surface area contributed by atoms with Crippen LogP contribution in [0.15, 0.2) is 54.6 Å². The maximum absolute atomic E-state index is 12.9. The molecule has 30 heavy (non-hydrogen) atoms. The van der Waals surface area contributed by atoms with E-state index in [2.05, 4.69) is 10.6 Å². The predicted molar refractivity (Wildman–Crippen MR) is 126 cm³/mol. The highest BCUT2D eigenvalue weighted by Gasteiger charge is 2.22. The number of ether oxygens (including phenoxy) is 1. The number of carbonyl (C=O) groups is 2. The number of nitrogens with one attached hydrogen (secondary N) is 2. The first-order valence-corrected chi connectivity index (χ1v) is 10.7. The van der Waals surface area contributed by atoms with Crippen LogP contribution in [0.5, 0.6) is 0 Å². The molecule has 0 spiro atoms. The highest BCUT2D eigenvalue weighted by Crippen LogP contribution is 2.34. The number of thiophene rings is 1. The lowest BCUT2D eigenvalue weighted by Crippen LogP contribution is -2.21. The van der Waals surface area contributed by atoms with Crippen LogP contribution in [0.4, 0.5) is 10.7 Å². The zero-order chi connectivity index (χ0) is 21.7. The molecule has 0 saturated carbocycles. The SMILES string of the molecule is CCc1c(C)sc(NC(=S)Nc2ccccc2C(=O)c2ccccc2)c1C(=O)OC. The third kappa shape index (κ3) is 4.58. The van der Waals surface area contributed by atoms with Crippen LogP contribution in [0.2, 0.25) is 0 Å². The first kappa shape index (κ1) is 21.7. The zero-order valence-corrected chi connectivity index (χ0v) is 18.6. The number of methoxy groups -OCH3 is 1. The summed E-state index contributed by atoms with van der Waals surface area (Å²) in [5, 5.41) is 7.11. The molecule has 0 atom stereocenters. The quantitative estimate of drug-likeness (QED) is 0.303. The minimum atomic E-state index is -0.402. The summed E-state index contributed by atoms with van der Waals surface area (Å²) in [7, 11) is 1.36. The molecule has 1 heterocycles. The molecule has 0 amide bonds. The topological polar surface area (TPSA) is 67.4 Å². The molecular weight excluding hydrogens is 416 g/mol. The molecule has 0 aliphatic rings. The minimum absolute atomic E-state index is 0.100. The number of hydrogen-bond acceptors (Lipinski definition) is 5. The van der Waals surface area contributed by atoms with E-state index in [4.69, 9.17) is 17.0 Å². The second-order valence-electron chi connectivity index (χ2n) is 6.51. The van der Waals surface area contributed by atoms with E-state index in [0.29, 0.717) is 33.8 Å². The molecular formula is C23H22N2O3S2. The van der Waals surface area contributed by atoms with Crippen LogP contribution in [0.25, 0.3) is 0 Å². The molecule has 1 aromatic heterocycles. The van der Waals surface area contributed by atoms with E-state index in [-0.39, 0.29) is 10.9 Å². The first-order valence-electron chi connectivity index (χ1n) is 9.43. The highest BCUT2D eigenvalue weighted by atomic mass is 32.1. The molecule has 0 bridgehead atoms. The maximum Gasteiger partial charge on any atom is 0.341 e. The Hall–Kier alpha value is -3.03. The molecule has 0 unspecified atom stereocenters. The van der Waals surface area contributed by atoms with Crippen LogP contribution in [-0.4, -0.2) is 24.0 Å². The normalized spacial score (nSPS) is 10.4. The number of para-hydroxylation sites is 1. The van der Waals surface area contributed by atoms with Crippen LogP contribution >= 0.6 is 23.6 Å². The summed E-state index contributed by atoms with van der Waals surface area (Å²) in [6.45, 7) is 3.96. The molecule has 0 aliphatic carbocycles. The molecule has 2 aromatic carbocycles. The number of carbonyl (C=O) groups excluding carboxylic acids is 2. The minimum Gasteiger partial charge on any atom is -0.465 e. The fourth-order valence-corrected chi connectivity index (χ4v) is 4.62. The summed E-state index contributed by atoms with van der Waals surface area (Å²) >= 11 is 6.92. The molecule has 5 nitrogen and oxygen atoms in total. The number of esters is 1. The van der Waals surface area contributed by atoms with Crippen molar-refractivity contribution in [1.29, 1.82) is 0 Å². The van der Waals surface area contributed by atoms with Crippen LogP contribution < -0.4 is 10.6 Å². The molecule has 3 rings (SSSR count). The molecule has 154 valence electrons.